The molecule has 5 nitrogen and oxygen atoms in total. The summed E-state index contributed by atoms with van der Waals surface area (Å²) in [7, 11) is 0. The predicted octanol–water partition coefficient (Wildman–Crippen LogP) is 3.86. The number of hydrogen-bond acceptors (Lipinski definition) is 4. The number of anilines is 1. The van der Waals surface area contributed by atoms with Gasteiger partial charge in [0.05, 0.1) is 12.2 Å². The molecule has 0 unspecified atom stereocenters. The van der Waals surface area contributed by atoms with Crippen LogP contribution in [-0.4, -0.2) is 24.3 Å². The molecule has 0 saturated carbocycles. The summed E-state index contributed by atoms with van der Waals surface area (Å²) in [5.74, 6) is -0.517. The van der Waals surface area contributed by atoms with E-state index in [0.717, 1.165) is 0 Å². The Kier molecular flexibility index (Phi) is 6.89. The van der Waals surface area contributed by atoms with Crippen LogP contribution in [0.5, 0.6) is 0 Å². The van der Waals surface area contributed by atoms with Gasteiger partial charge in [0, 0.05) is 24.1 Å². The Labute approximate surface area is 147 Å². The quantitative estimate of drug-likeness (QED) is 0.585. The van der Waals surface area contributed by atoms with E-state index in [9.17, 15) is 14.4 Å². The zero-order chi connectivity index (χ0) is 18.1. The van der Waals surface area contributed by atoms with Crippen molar-refractivity contribution in [1.29, 1.82) is 0 Å². The van der Waals surface area contributed by atoms with Gasteiger partial charge in [0.25, 0.3) is 0 Å². The molecule has 0 bridgehead atoms. The average Bonchev–Trinajstić information content (AvgIpc) is 2.63. The lowest BCUT2D eigenvalue weighted by molar-refractivity contribution is -0.116. The molecule has 0 heterocycles. The first kappa shape index (κ1) is 18.4. The lowest BCUT2D eigenvalue weighted by Crippen LogP contribution is -2.12. The Bertz CT molecular complexity index is 723. The number of Topliss-reactive ketones (excluding diaryl/α,β-unsaturated/α-hetero) is 1. The highest BCUT2D eigenvalue weighted by Gasteiger charge is 2.09. The molecule has 0 aliphatic carbocycles. The molecule has 2 aromatic carbocycles. The molecular formula is C20H21NO4. The van der Waals surface area contributed by atoms with Crippen LogP contribution in [0.15, 0.2) is 54.6 Å². The first-order valence-corrected chi connectivity index (χ1v) is 8.25. The molecule has 1 amide bonds. The first-order chi connectivity index (χ1) is 12.1. The largest absolute Gasteiger partial charge is 0.462 e. The summed E-state index contributed by atoms with van der Waals surface area (Å²) in [6.07, 6.45) is 1.08. The molecule has 2 aromatic rings. The minimum atomic E-state index is -0.389. The Morgan fingerprint density at radius 3 is 2.20 bits per heavy atom. The Morgan fingerprint density at radius 1 is 0.880 bits per heavy atom. The van der Waals surface area contributed by atoms with Crippen molar-refractivity contribution in [3.05, 3.63) is 65.7 Å². The first-order valence-electron chi connectivity index (χ1n) is 8.25. The van der Waals surface area contributed by atoms with Gasteiger partial charge in [0.2, 0.25) is 5.91 Å². The van der Waals surface area contributed by atoms with Gasteiger partial charge in [-0.3, -0.25) is 9.59 Å². The Balaban J connectivity index is 1.76. The summed E-state index contributed by atoms with van der Waals surface area (Å²) < 4.78 is 4.90. The van der Waals surface area contributed by atoms with Gasteiger partial charge < -0.3 is 10.1 Å². The van der Waals surface area contributed by atoms with E-state index in [2.05, 4.69) is 5.32 Å². The zero-order valence-electron chi connectivity index (χ0n) is 14.2. The lowest BCUT2D eigenvalue weighted by Gasteiger charge is -2.06. The van der Waals surface area contributed by atoms with Crippen molar-refractivity contribution < 1.29 is 19.1 Å². The van der Waals surface area contributed by atoms with Gasteiger partial charge >= 0.3 is 5.97 Å². The number of ether oxygens (including phenoxy) is 1. The molecule has 25 heavy (non-hydrogen) atoms. The SMILES string of the molecule is CCOC(=O)c1ccc(NC(=O)CCCC(=O)c2ccccc2)cc1. The monoisotopic (exact) mass is 339 g/mol. The summed E-state index contributed by atoms with van der Waals surface area (Å²) >= 11 is 0. The van der Waals surface area contributed by atoms with Gasteiger partial charge in [-0.05, 0) is 37.6 Å². The number of hydrogen-bond donors (Lipinski definition) is 1. The molecule has 130 valence electrons. The molecule has 0 spiro atoms. The lowest BCUT2D eigenvalue weighted by atomic mass is 10.1. The van der Waals surface area contributed by atoms with E-state index in [0.29, 0.717) is 36.3 Å². The average molecular weight is 339 g/mol. The van der Waals surface area contributed by atoms with Crippen molar-refractivity contribution in [2.45, 2.75) is 26.2 Å². The minimum Gasteiger partial charge on any atom is -0.462 e. The molecule has 0 saturated heterocycles. The molecule has 0 radical (unpaired) electrons. The summed E-state index contributed by atoms with van der Waals surface area (Å²) in [5.41, 5.74) is 1.71. The normalized spacial score (nSPS) is 10.1. The summed E-state index contributed by atoms with van der Waals surface area (Å²) in [4.78, 5) is 35.5. The number of benzene rings is 2. The van der Waals surface area contributed by atoms with Crippen LogP contribution in [0.3, 0.4) is 0 Å². The van der Waals surface area contributed by atoms with E-state index < -0.39 is 0 Å². The zero-order valence-corrected chi connectivity index (χ0v) is 14.2. The van der Waals surface area contributed by atoms with Crippen molar-refractivity contribution in [1.82, 2.24) is 0 Å². The van der Waals surface area contributed by atoms with Gasteiger partial charge in [-0.15, -0.1) is 0 Å². The van der Waals surface area contributed by atoms with Crippen LogP contribution in [0, 0.1) is 0 Å². The van der Waals surface area contributed by atoms with Crippen LogP contribution < -0.4 is 5.32 Å². The van der Waals surface area contributed by atoms with E-state index >= 15 is 0 Å². The van der Waals surface area contributed by atoms with Crippen LogP contribution in [0.1, 0.15) is 46.9 Å². The van der Waals surface area contributed by atoms with E-state index in [1.165, 1.54) is 0 Å². The van der Waals surface area contributed by atoms with Crippen molar-refractivity contribution >= 4 is 23.3 Å². The maximum atomic E-state index is 12.0. The summed E-state index contributed by atoms with van der Waals surface area (Å²) in [5, 5.41) is 2.75. The Morgan fingerprint density at radius 2 is 1.56 bits per heavy atom. The van der Waals surface area contributed by atoms with Crippen LogP contribution in [-0.2, 0) is 9.53 Å². The fourth-order valence-electron chi connectivity index (χ4n) is 2.31. The second kappa shape index (κ2) is 9.37. The summed E-state index contributed by atoms with van der Waals surface area (Å²) in [6, 6.07) is 15.6. The van der Waals surface area contributed by atoms with E-state index in [-0.39, 0.29) is 24.1 Å². The molecule has 1 N–H and O–H groups in total. The van der Waals surface area contributed by atoms with Crippen LogP contribution in [0.4, 0.5) is 5.69 Å². The maximum absolute atomic E-state index is 12.0. The van der Waals surface area contributed by atoms with Crippen molar-refractivity contribution in [3.8, 4) is 0 Å². The molecule has 5 heteroatoms. The predicted molar refractivity (Wildman–Crippen MR) is 95.7 cm³/mol. The molecule has 0 aliphatic heterocycles. The molecule has 0 fully saturated rings. The number of carbonyl (C=O) groups is 3. The standard InChI is InChI=1S/C20H21NO4/c1-2-25-20(24)16-11-13-17(14-12-16)21-19(23)10-6-9-18(22)15-7-4-3-5-8-15/h3-5,7-8,11-14H,2,6,9-10H2,1H3,(H,21,23). The minimum absolute atomic E-state index is 0.0344. The number of ketones is 1. The van der Waals surface area contributed by atoms with E-state index in [4.69, 9.17) is 4.74 Å². The van der Waals surface area contributed by atoms with Gasteiger partial charge in [-0.2, -0.15) is 0 Å². The van der Waals surface area contributed by atoms with Gasteiger partial charge in [0.1, 0.15) is 0 Å². The molecule has 0 atom stereocenters. The van der Waals surface area contributed by atoms with E-state index in [1.54, 1.807) is 43.3 Å². The molecule has 0 aromatic heterocycles. The fourth-order valence-corrected chi connectivity index (χ4v) is 2.31. The smallest absolute Gasteiger partial charge is 0.338 e. The molecule has 0 aliphatic rings. The summed E-state index contributed by atoms with van der Waals surface area (Å²) in [6.45, 7) is 2.06. The van der Waals surface area contributed by atoms with Crippen molar-refractivity contribution in [3.63, 3.8) is 0 Å². The fraction of sp³-hybridized carbons (Fsp3) is 0.250. The maximum Gasteiger partial charge on any atom is 0.338 e. The van der Waals surface area contributed by atoms with Gasteiger partial charge in [0.15, 0.2) is 5.78 Å². The van der Waals surface area contributed by atoms with E-state index in [1.807, 2.05) is 18.2 Å². The number of amides is 1. The van der Waals surface area contributed by atoms with Crippen LogP contribution >= 0.6 is 0 Å². The number of carbonyl (C=O) groups excluding carboxylic acids is 3. The second-order valence-electron chi connectivity index (χ2n) is 5.49. The van der Waals surface area contributed by atoms with Crippen molar-refractivity contribution in [2.24, 2.45) is 0 Å². The Hall–Kier alpha value is -2.95. The third kappa shape index (κ3) is 5.88. The highest BCUT2D eigenvalue weighted by atomic mass is 16.5. The van der Waals surface area contributed by atoms with Crippen LogP contribution in [0.25, 0.3) is 0 Å². The number of rotatable bonds is 8. The van der Waals surface area contributed by atoms with Gasteiger partial charge in [-0.25, -0.2) is 4.79 Å². The highest BCUT2D eigenvalue weighted by Crippen LogP contribution is 2.12. The molecular weight excluding hydrogens is 318 g/mol. The third-order valence-electron chi connectivity index (χ3n) is 3.58. The topological polar surface area (TPSA) is 72.5 Å². The number of esters is 1. The second-order valence-corrected chi connectivity index (χ2v) is 5.49. The van der Waals surface area contributed by atoms with Crippen LogP contribution in [0.2, 0.25) is 0 Å². The highest BCUT2D eigenvalue weighted by molar-refractivity contribution is 5.97. The number of nitrogens with one attached hydrogen (secondary N) is 1. The van der Waals surface area contributed by atoms with Gasteiger partial charge in [-0.1, -0.05) is 30.3 Å². The van der Waals surface area contributed by atoms with Crippen molar-refractivity contribution in [2.75, 3.05) is 11.9 Å². The molecule has 2 rings (SSSR count). The third-order valence-corrected chi connectivity index (χ3v) is 3.58.